The predicted octanol–water partition coefficient (Wildman–Crippen LogP) is 2.89. The molecule has 0 aliphatic carbocycles. The van der Waals surface area contributed by atoms with Gasteiger partial charge < -0.3 is 10.5 Å². The molecule has 1 saturated heterocycles. The van der Waals surface area contributed by atoms with Gasteiger partial charge in [0.05, 0.1) is 6.61 Å². The molecule has 0 spiro atoms. The lowest BCUT2D eigenvalue weighted by molar-refractivity contribution is -0.00302. The monoisotopic (exact) mass is 301 g/mol. The highest BCUT2D eigenvalue weighted by atomic mass is 79.9. The first-order valence-corrected chi connectivity index (χ1v) is 6.66. The van der Waals surface area contributed by atoms with Crippen LogP contribution in [-0.4, -0.2) is 19.8 Å². The largest absolute Gasteiger partial charge is 0.381 e. The van der Waals surface area contributed by atoms with Gasteiger partial charge in [-0.15, -0.1) is 0 Å². The molecule has 1 heterocycles. The zero-order valence-electron chi connectivity index (χ0n) is 9.72. The van der Waals surface area contributed by atoms with Gasteiger partial charge in [-0.1, -0.05) is 15.9 Å². The second kappa shape index (κ2) is 5.46. The summed E-state index contributed by atoms with van der Waals surface area (Å²) < 4.78 is 20.1. The van der Waals surface area contributed by atoms with E-state index in [1.54, 1.807) is 6.07 Å². The van der Waals surface area contributed by atoms with Crippen LogP contribution in [0.3, 0.4) is 0 Å². The second-order valence-corrected chi connectivity index (χ2v) is 5.69. The lowest BCUT2D eigenvalue weighted by atomic mass is 9.77. The van der Waals surface area contributed by atoms with Crippen LogP contribution >= 0.6 is 15.9 Å². The van der Waals surface area contributed by atoms with Crippen LogP contribution in [0.25, 0.3) is 0 Å². The fraction of sp³-hybridized carbons (Fsp3) is 0.538. The Morgan fingerprint density at radius 2 is 2.29 bits per heavy atom. The van der Waals surface area contributed by atoms with Gasteiger partial charge in [0, 0.05) is 23.0 Å². The summed E-state index contributed by atoms with van der Waals surface area (Å²) in [5, 5.41) is 0. The third-order valence-electron chi connectivity index (χ3n) is 3.41. The van der Waals surface area contributed by atoms with Gasteiger partial charge >= 0.3 is 0 Å². The average molecular weight is 302 g/mol. The molecule has 0 amide bonds. The van der Waals surface area contributed by atoms with E-state index in [9.17, 15) is 4.39 Å². The van der Waals surface area contributed by atoms with Crippen molar-refractivity contribution in [1.29, 1.82) is 0 Å². The van der Waals surface area contributed by atoms with Gasteiger partial charge in [-0.25, -0.2) is 4.39 Å². The number of benzene rings is 1. The van der Waals surface area contributed by atoms with Crippen molar-refractivity contribution in [2.75, 3.05) is 19.8 Å². The lowest BCUT2D eigenvalue weighted by Crippen LogP contribution is -2.40. The zero-order valence-corrected chi connectivity index (χ0v) is 11.3. The van der Waals surface area contributed by atoms with Crippen LogP contribution in [0.2, 0.25) is 0 Å². The minimum atomic E-state index is -0.161. The van der Waals surface area contributed by atoms with Crippen molar-refractivity contribution >= 4 is 15.9 Å². The first-order valence-electron chi connectivity index (χ1n) is 5.87. The molecule has 1 unspecified atom stereocenters. The molecule has 1 aliphatic rings. The molecule has 1 aromatic rings. The van der Waals surface area contributed by atoms with Crippen molar-refractivity contribution in [2.24, 2.45) is 11.1 Å². The highest BCUT2D eigenvalue weighted by Gasteiger charge is 2.32. The summed E-state index contributed by atoms with van der Waals surface area (Å²) in [6, 6.07) is 5.04. The summed E-state index contributed by atoms with van der Waals surface area (Å²) in [5.74, 6) is -0.161. The molecule has 0 saturated carbocycles. The topological polar surface area (TPSA) is 35.2 Å². The van der Waals surface area contributed by atoms with Crippen molar-refractivity contribution in [3.05, 3.63) is 34.1 Å². The molecule has 2 nitrogen and oxygen atoms in total. The first-order chi connectivity index (χ1) is 8.15. The number of hydrogen-bond donors (Lipinski definition) is 1. The number of hydrogen-bond acceptors (Lipinski definition) is 2. The fourth-order valence-corrected chi connectivity index (χ4v) is 2.77. The van der Waals surface area contributed by atoms with E-state index in [1.807, 2.05) is 6.07 Å². The van der Waals surface area contributed by atoms with E-state index in [4.69, 9.17) is 10.5 Å². The summed E-state index contributed by atoms with van der Waals surface area (Å²) in [4.78, 5) is 0. The van der Waals surface area contributed by atoms with Gasteiger partial charge in [0.1, 0.15) is 5.82 Å². The van der Waals surface area contributed by atoms with Gasteiger partial charge in [0.25, 0.3) is 0 Å². The molecule has 0 aromatic heterocycles. The maximum atomic E-state index is 13.7. The normalized spacial score (nSPS) is 24.9. The van der Waals surface area contributed by atoms with Crippen molar-refractivity contribution in [3.63, 3.8) is 0 Å². The number of rotatable bonds is 3. The molecular weight excluding hydrogens is 285 g/mol. The van der Waals surface area contributed by atoms with Crippen molar-refractivity contribution in [2.45, 2.75) is 19.3 Å². The van der Waals surface area contributed by atoms with Gasteiger partial charge in [-0.3, -0.25) is 0 Å². The van der Waals surface area contributed by atoms with Crippen LogP contribution in [-0.2, 0) is 11.2 Å². The molecule has 17 heavy (non-hydrogen) atoms. The van der Waals surface area contributed by atoms with Crippen LogP contribution in [0.5, 0.6) is 0 Å². The maximum absolute atomic E-state index is 13.7. The Morgan fingerprint density at radius 1 is 1.47 bits per heavy atom. The van der Waals surface area contributed by atoms with E-state index < -0.39 is 0 Å². The molecule has 1 fully saturated rings. The standard InChI is InChI=1S/C13H17BrFNO/c14-11-2-3-12(15)10(6-11)7-13(8-16)4-1-5-17-9-13/h2-3,6H,1,4-5,7-9,16H2. The summed E-state index contributed by atoms with van der Waals surface area (Å²) in [7, 11) is 0. The van der Waals surface area contributed by atoms with E-state index in [0.717, 1.165) is 29.5 Å². The van der Waals surface area contributed by atoms with Gasteiger partial charge in [0.15, 0.2) is 0 Å². The van der Waals surface area contributed by atoms with E-state index in [0.29, 0.717) is 19.6 Å². The van der Waals surface area contributed by atoms with Crippen LogP contribution < -0.4 is 5.73 Å². The summed E-state index contributed by atoms with van der Waals surface area (Å²) in [5.41, 5.74) is 6.48. The fourth-order valence-electron chi connectivity index (χ4n) is 2.37. The molecule has 0 bridgehead atoms. The third kappa shape index (κ3) is 3.06. The zero-order chi connectivity index (χ0) is 12.3. The number of nitrogens with two attached hydrogens (primary N) is 1. The number of ether oxygens (including phenoxy) is 1. The molecule has 1 aromatic carbocycles. The van der Waals surface area contributed by atoms with Gasteiger partial charge in [-0.05, 0) is 43.0 Å². The van der Waals surface area contributed by atoms with E-state index in [-0.39, 0.29) is 11.2 Å². The Hall–Kier alpha value is -0.450. The van der Waals surface area contributed by atoms with Gasteiger partial charge in [-0.2, -0.15) is 0 Å². The molecule has 2 N–H and O–H groups in total. The molecule has 1 aliphatic heterocycles. The Balaban J connectivity index is 2.20. The van der Waals surface area contributed by atoms with Crippen LogP contribution in [0.15, 0.2) is 22.7 Å². The van der Waals surface area contributed by atoms with E-state index >= 15 is 0 Å². The average Bonchev–Trinajstić information content (AvgIpc) is 2.35. The minimum Gasteiger partial charge on any atom is -0.381 e. The number of halogens is 2. The van der Waals surface area contributed by atoms with Crippen LogP contribution in [0, 0.1) is 11.2 Å². The molecular formula is C13H17BrFNO. The smallest absolute Gasteiger partial charge is 0.126 e. The van der Waals surface area contributed by atoms with E-state index in [1.165, 1.54) is 6.07 Å². The highest BCUT2D eigenvalue weighted by molar-refractivity contribution is 9.10. The maximum Gasteiger partial charge on any atom is 0.126 e. The molecule has 1 atom stereocenters. The summed E-state index contributed by atoms with van der Waals surface area (Å²) in [6.07, 6.45) is 2.66. The van der Waals surface area contributed by atoms with Crippen molar-refractivity contribution < 1.29 is 9.13 Å². The van der Waals surface area contributed by atoms with Crippen LogP contribution in [0.4, 0.5) is 4.39 Å². The van der Waals surface area contributed by atoms with Crippen molar-refractivity contribution in [1.82, 2.24) is 0 Å². The Kier molecular flexibility index (Phi) is 4.17. The SMILES string of the molecule is NCC1(Cc2cc(Br)ccc2F)CCCOC1. The predicted molar refractivity (Wildman–Crippen MR) is 69.3 cm³/mol. The minimum absolute atomic E-state index is 0.0973. The second-order valence-electron chi connectivity index (χ2n) is 4.77. The Labute approximate surface area is 109 Å². The van der Waals surface area contributed by atoms with E-state index in [2.05, 4.69) is 15.9 Å². The van der Waals surface area contributed by atoms with Crippen LogP contribution in [0.1, 0.15) is 18.4 Å². The van der Waals surface area contributed by atoms with Gasteiger partial charge in [0.2, 0.25) is 0 Å². The Bertz CT molecular complexity index is 391. The Morgan fingerprint density at radius 3 is 2.94 bits per heavy atom. The molecule has 94 valence electrons. The quantitative estimate of drug-likeness (QED) is 0.932. The summed E-state index contributed by atoms with van der Waals surface area (Å²) in [6.45, 7) is 1.97. The lowest BCUT2D eigenvalue weighted by Gasteiger charge is -2.36. The highest BCUT2D eigenvalue weighted by Crippen LogP contribution is 2.33. The third-order valence-corrected chi connectivity index (χ3v) is 3.90. The molecule has 2 rings (SSSR count). The molecule has 4 heteroatoms. The summed E-state index contributed by atoms with van der Waals surface area (Å²) >= 11 is 3.37. The molecule has 0 radical (unpaired) electrons. The van der Waals surface area contributed by atoms with Crippen molar-refractivity contribution in [3.8, 4) is 0 Å². The first kappa shape index (κ1) is 13.0.